The van der Waals surface area contributed by atoms with Gasteiger partial charge in [-0.1, -0.05) is 23.2 Å². The van der Waals surface area contributed by atoms with Crippen molar-refractivity contribution in [3.8, 4) is 6.07 Å². The fourth-order valence-electron chi connectivity index (χ4n) is 1.89. The second-order valence-electron chi connectivity index (χ2n) is 4.88. The molecule has 0 atom stereocenters. The summed E-state index contributed by atoms with van der Waals surface area (Å²) in [5, 5.41) is 12.0. The Bertz CT molecular complexity index is 904. The maximum atomic E-state index is 12.2. The Morgan fingerprint density at radius 1 is 1.12 bits per heavy atom. The maximum Gasteiger partial charge on any atom is 0.225 e. The molecule has 24 heavy (non-hydrogen) atoms. The largest absolute Gasteiger partial charge is 0.326 e. The van der Waals surface area contributed by atoms with Crippen LogP contribution in [0.3, 0.4) is 0 Å². The number of carbonyl (C=O) groups excluding carboxylic acids is 1. The minimum absolute atomic E-state index is 0.112. The Kier molecular flexibility index (Phi) is 5.84. The topological polar surface area (TPSA) is 87.0 Å². The van der Waals surface area contributed by atoms with E-state index in [4.69, 9.17) is 28.5 Å². The summed E-state index contributed by atoms with van der Waals surface area (Å²) >= 11 is 11.6. The number of amides is 1. The quantitative estimate of drug-likeness (QED) is 0.854. The summed E-state index contributed by atoms with van der Waals surface area (Å²) in [7, 11) is -3.57. The molecule has 0 bridgehead atoms. The Morgan fingerprint density at radius 3 is 2.38 bits per heavy atom. The normalized spacial score (nSPS) is 10.9. The molecule has 0 saturated heterocycles. The van der Waals surface area contributed by atoms with E-state index in [0.717, 1.165) is 0 Å². The van der Waals surface area contributed by atoms with Crippen molar-refractivity contribution in [3.05, 3.63) is 58.1 Å². The number of carbonyl (C=O) groups is 1. The van der Waals surface area contributed by atoms with Crippen molar-refractivity contribution in [1.29, 1.82) is 5.26 Å². The molecule has 8 heteroatoms. The highest BCUT2D eigenvalue weighted by Gasteiger charge is 2.16. The van der Waals surface area contributed by atoms with Gasteiger partial charge in [-0.05, 0) is 42.5 Å². The van der Waals surface area contributed by atoms with Crippen molar-refractivity contribution in [2.24, 2.45) is 0 Å². The zero-order valence-electron chi connectivity index (χ0n) is 12.3. The van der Waals surface area contributed by atoms with E-state index in [1.807, 2.05) is 6.07 Å². The third-order valence-electron chi connectivity index (χ3n) is 3.14. The number of benzene rings is 2. The van der Waals surface area contributed by atoms with Crippen molar-refractivity contribution in [1.82, 2.24) is 0 Å². The molecule has 2 rings (SSSR count). The molecule has 0 aliphatic rings. The van der Waals surface area contributed by atoms with E-state index in [-0.39, 0.29) is 22.1 Å². The van der Waals surface area contributed by atoms with E-state index in [2.05, 4.69) is 5.32 Å². The third kappa shape index (κ3) is 4.71. The number of halogens is 2. The average molecular weight is 383 g/mol. The fourth-order valence-corrected chi connectivity index (χ4v) is 3.48. The molecule has 0 heterocycles. The van der Waals surface area contributed by atoms with Gasteiger partial charge in [-0.3, -0.25) is 4.79 Å². The number of anilines is 1. The van der Waals surface area contributed by atoms with E-state index >= 15 is 0 Å². The van der Waals surface area contributed by atoms with Crippen molar-refractivity contribution in [2.45, 2.75) is 11.3 Å². The highest BCUT2D eigenvalue weighted by Crippen LogP contribution is 2.21. The predicted molar refractivity (Wildman–Crippen MR) is 92.9 cm³/mol. The Hall–Kier alpha value is -2.07. The summed E-state index contributed by atoms with van der Waals surface area (Å²) < 4.78 is 24.3. The molecule has 5 nitrogen and oxygen atoms in total. The van der Waals surface area contributed by atoms with Crippen LogP contribution in [0.2, 0.25) is 10.0 Å². The van der Waals surface area contributed by atoms with Crippen molar-refractivity contribution in [3.63, 3.8) is 0 Å². The van der Waals surface area contributed by atoms with Crippen LogP contribution in [0.1, 0.15) is 12.0 Å². The summed E-state index contributed by atoms with van der Waals surface area (Å²) in [6.07, 6.45) is -0.206. The Labute approximate surface area is 149 Å². The smallest absolute Gasteiger partial charge is 0.225 e. The standard InChI is InChI=1S/C16H12Cl2N2O3S/c17-12-2-5-14(6-3-12)24(22,23)8-7-16(21)20-13-4-1-11(10-19)15(18)9-13/h1-6,9H,7-8H2,(H,20,21). The zero-order valence-corrected chi connectivity index (χ0v) is 14.6. The van der Waals surface area contributed by atoms with E-state index in [1.165, 1.54) is 42.5 Å². The second kappa shape index (κ2) is 7.67. The van der Waals surface area contributed by atoms with Crippen LogP contribution in [0.5, 0.6) is 0 Å². The first-order valence-corrected chi connectivity index (χ1v) is 9.20. The maximum absolute atomic E-state index is 12.2. The zero-order chi connectivity index (χ0) is 17.7. The molecule has 2 aromatic carbocycles. The highest BCUT2D eigenvalue weighted by atomic mass is 35.5. The van der Waals surface area contributed by atoms with Crippen molar-refractivity contribution >= 4 is 44.6 Å². The summed E-state index contributed by atoms with van der Waals surface area (Å²) in [6, 6.07) is 12.1. The minimum Gasteiger partial charge on any atom is -0.326 e. The van der Waals surface area contributed by atoms with Gasteiger partial charge in [0.05, 0.1) is 21.2 Å². The number of rotatable bonds is 5. The summed E-state index contributed by atoms with van der Waals surface area (Å²) in [5.74, 6) is -0.793. The highest BCUT2D eigenvalue weighted by molar-refractivity contribution is 7.91. The summed E-state index contributed by atoms with van der Waals surface area (Å²) in [6.45, 7) is 0. The molecule has 0 fully saturated rings. The van der Waals surface area contributed by atoms with Crippen LogP contribution in [0.4, 0.5) is 5.69 Å². The van der Waals surface area contributed by atoms with E-state index in [9.17, 15) is 13.2 Å². The molecule has 0 aliphatic carbocycles. The third-order valence-corrected chi connectivity index (χ3v) is 5.44. The van der Waals surface area contributed by atoms with Gasteiger partial charge in [0, 0.05) is 17.1 Å². The molecule has 0 unspecified atom stereocenters. The molecule has 2 aromatic rings. The van der Waals surface area contributed by atoms with Gasteiger partial charge in [-0.15, -0.1) is 0 Å². The number of sulfone groups is 1. The van der Waals surface area contributed by atoms with E-state index in [1.54, 1.807) is 0 Å². The first kappa shape index (κ1) is 18.3. The lowest BCUT2D eigenvalue weighted by Crippen LogP contribution is -2.17. The fraction of sp³-hybridized carbons (Fsp3) is 0.125. The number of hydrogen-bond acceptors (Lipinski definition) is 4. The van der Waals surface area contributed by atoms with Crippen LogP contribution in [0.25, 0.3) is 0 Å². The lowest BCUT2D eigenvalue weighted by molar-refractivity contribution is -0.115. The van der Waals surface area contributed by atoms with E-state index < -0.39 is 15.7 Å². The summed E-state index contributed by atoms with van der Waals surface area (Å²) in [5.41, 5.74) is 0.688. The van der Waals surface area contributed by atoms with Gasteiger partial charge in [0.1, 0.15) is 6.07 Å². The number of nitrogens with zero attached hydrogens (tertiary/aromatic N) is 1. The van der Waals surface area contributed by atoms with Gasteiger partial charge >= 0.3 is 0 Å². The minimum atomic E-state index is -3.57. The molecule has 0 saturated carbocycles. The van der Waals surface area contributed by atoms with Gasteiger partial charge in [-0.25, -0.2) is 8.42 Å². The number of hydrogen-bond donors (Lipinski definition) is 1. The average Bonchev–Trinajstić information content (AvgIpc) is 2.54. The van der Waals surface area contributed by atoms with Crippen LogP contribution in [-0.2, 0) is 14.6 Å². The Balaban J connectivity index is 1.99. The van der Waals surface area contributed by atoms with Crippen LogP contribution in [0.15, 0.2) is 47.4 Å². The lowest BCUT2D eigenvalue weighted by Gasteiger charge is -2.07. The predicted octanol–water partition coefficient (Wildman–Crippen LogP) is 3.67. The summed E-state index contributed by atoms with van der Waals surface area (Å²) in [4.78, 5) is 12.0. The second-order valence-corrected chi connectivity index (χ2v) is 7.83. The number of nitriles is 1. The van der Waals surface area contributed by atoms with Crippen LogP contribution < -0.4 is 5.32 Å². The molecule has 0 aromatic heterocycles. The van der Waals surface area contributed by atoms with Gasteiger partial charge in [0.2, 0.25) is 5.91 Å². The van der Waals surface area contributed by atoms with E-state index in [0.29, 0.717) is 16.3 Å². The van der Waals surface area contributed by atoms with Crippen LogP contribution >= 0.6 is 23.2 Å². The molecule has 0 aliphatic heterocycles. The van der Waals surface area contributed by atoms with Crippen molar-refractivity contribution in [2.75, 3.05) is 11.1 Å². The molecular weight excluding hydrogens is 371 g/mol. The molecular formula is C16H12Cl2N2O3S. The monoisotopic (exact) mass is 382 g/mol. The molecule has 0 spiro atoms. The molecule has 124 valence electrons. The van der Waals surface area contributed by atoms with Gasteiger partial charge in [0.25, 0.3) is 0 Å². The molecule has 0 radical (unpaired) electrons. The molecule has 1 N–H and O–H groups in total. The van der Waals surface area contributed by atoms with Crippen LogP contribution in [-0.4, -0.2) is 20.1 Å². The van der Waals surface area contributed by atoms with Crippen molar-refractivity contribution < 1.29 is 13.2 Å². The lowest BCUT2D eigenvalue weighted by atomic mass is 10.2. The first-order valence-electron chi connectivity index (χ1n) is 6.79. The Morgan fingerprint density at radius 2 is 1.79 bits per heavy atom. The van der Waals surface area contributed by atoms with Gasteiger partial charge in [0.15, 0.2) is 9.84 Å². The number of nitrogens with one attached hydrogen (secondary N) is 1. The van der Waals surface area contributed by atoms with Gasteiger partial charge in [-0.2, -0.15) is 5.26 Å². The molecule has 1 amide bonds. The SMILES string of the molecule is N#Cc1ccc(NC(=O)CCS(=O)(=O)c2ccc(Cl)cc2)cc1Cl. The van der Waals surface area contributed by atoms with Crippen LogP contribution in [0, 0.1) is 11.3 Å². The van der Waals surface area contributed by atoms with Gasteiger partial charge < -0.3 is 5.32 Å². The first-order chi connectivity index (χ1) is 11.3.